The number of amidine groups is 1. The molecule has 1 unspecified atom stereocenters. The molecule has 3 amide bonds. The molecule has 1 aliphatic rings. The standard InChI is InChI=1S/C40H39N7O11S2/c1-39(2)33(36(50)47(39)58-60(53,54)55)43-35(49)32(46-56-23-30(22-48)57-29-20-18-25(19-21-29)34(41)44-38(51)52)31-24-59-37(42-31)45-40(26-12-6-3-7-13-26,27-14-8-4-9-15-27)28-16-10-5-11-17-28/h3-21,24,30,33,48H,22-23H2,1-2H3,(H2,41,44)(H,42,45)(H,43,49)(H,51,52)(H,53,54,55)/b46-32-/t30?,33-/m1/s1. The number of hydroxylamine groups is 2. The van der Waals surface area contributed by atoms with Crippen LogP contribution >= 0.6 is 11.3 Å². The summed E-state index contributed by atoms with van der Waals surface area (Å²) in [5.41, 5.74) is 0.111. The van der Waals surface area contributed by atoms with E-state index >= 15 is 0 Å². The van der Waals surface area contributed by atoms with Crippen LogP contribution in [0.25, 0.3) is 0 Å². The van der Waals surface area contributed by atoms with Gasteiger partial charge in [-0.1, -0.05) is 96.2 Å². The Morgan fingerprint density at radius 3 is 1.98 bits per heavy atom. The first-order valence-corrected chi connectivity index (χ1v) is 20.3. The summed E-state index contributed by atoms with van der Waals surface area (Å²) >= 11 is 1.16. The average molecular weight is 858 g/mol. The maximum atomic E-state index is 14.0. The van der Waals surface area contributed by atoms with Gasteiger partial charge in [-0.3, -0.25) is 24.9 Å². The molecule has 0 bridgehead atoms. The number of carbonyl (C=O) groups excluding carboxylic acids is 2. The molecule has 1 saturated heterocycles. The molecule has 312 valence electrons. The number of hydrogen-bond acceptors (Lipinski definition) is 14. The van der Waals surface area contributed by atoms with Crippen molar-refractivity contribution in [3.63, 3.8) is 0 Å². The fraction of sp³-hybridized carbons (Fsp3) is 0.200. The van der Waals surface area contributed by atoms with Crippen LogP contribution in [0.15, 0.2) is 126 Å². The zero-order valence-electron chi connectivity index (χ0n) is 31.9. The van der Waals surface area contributed by atoms with Gasteiger partial charge in [0.15, 0.2) is 23.6 Å². The molecule has 20 heteroatoms. The minimum atomic E-state index is -5.06. The van der Waals surface area contributed by atoms with Crippen molar-refractivity contribution in [2.75, 3.05) is 18.5 Å². The van der Waals surface area contributed by atoms with Crippen LogP contribution < -0.4 is 20.7 Å². The van der Waals surface area contributed by atoms with E-state index in [9.17, 15) is 32.5 Å². The Hall–Kier alpha value is -6.71. The van der Waals surface area contributed by atoms with Crippen LogP contribution in [0.4, 0.5) is 9.93 Å². The molecule has 1 aromatic heterocycles. The Balaban J connectivity index is 1.30. The SMILES string of the molecule is CC1(C)[C@H](NC(=O)/C(=N\OCC(CO)Oc2ccc(C(=N)NC(=O)O)cc2)c2csc(NC(c3ccccc3)(c3ccccc3)c3ccccc3)n2)C(=O)N1OS(=O)(=O)O. The van der Waals surface area contributed by atoms with Gasteiger partial charge >= 0.3 is 16.5 Å². The van der Waals surface area contributed by atoms with Gasteiger partial charge in [-0.2, -0.15) is 13.5 Å². The lowest BCUT2D eigenvalue weighted by Gasteiger charge is -2.50. The average Bonchev–Trinajstić information content (AvgIpc) is 3.70. The molecule has 0 aliphatic carbocycles. The second-order valence-electron chi connectivity index (χ2n) is 13.7. The number of carbonyl (C=O) groups is 3. The van der Waals surface area contributed by atoms with E-state index in [-0.39, 0.29) is 22.8 Å². The number of ether oxygens (including phenoxy) is 1. The lowest BCUT2D eigenvalue weighted by Crippen LogP contribution is -2.76. The first-order chi connectivity index (χ1) is 28.6. The normalized spacial score (nSPS) is 15.6. The molecule has 0 saturated carbocycles. The summed E-state index contributed by atoms with van der Waals surface area (Å²) in [7, 11) is -5.06. The number of aliphatic hydroxyl groups is 1. The second kappa shape index (κ2) is 18.1. The summed E-state index contributed by atoms with van der Waals surface area (Å²) in [5.74, 6) is -2.03. The number of amides is 3. The Morgan fingerprint density at radius 1 is 0.950 bits per heavy atom. The van der Waals surface area contributed by atoms with Gasteiger partial charge in [-0.15, -0.1) is 15.6 Å². The van der Waals surface area contributed by atoms with Crippen molar-refractivity contribution in [1.82, 2.24) is 20.7 Å². The van der Waals surface area contributed by atoms with Crippen molar-refractivity contribution in [2.45, 2.75) is 37.1 Å². The number of rotatable bonds is 17. The number of nitrogens with zero attached hydrogens (tertiary/aromatic N) is 3. The van der Waals surface area contributed by atoms with Crippen molar-refractivity contribution in [1.29, 1.82) is 5.41 Å². The summed E-state index contributed by atoms with van der Waals surface area (Å²) in [4.78, 5) is 48.2. The molecule has 4 aromatic carbocycles. The zero-order chi connectivity index (χ0) is 43.1. The topological polar surface area (TPSA) is 262 Å². The van der Waals surface area contributed by atoms with Crippen LogP contribution in [0.5, 0.6) is 5.75 Å². The van der Waals surface area contributed by atoms with Crippen molar-refractivity contribution < 1.29 is 51.4 Å². The molecule has 2 atom stereocenters. The molecular weight excluding hydrogens is 819 g/mol. The largest absolute Gasteiger partial charge is 0.484 e. The van der Waals surface area contributed by atoms with E-state index in [1.807, 2.05) is 96.3 Å². The highest BCUT2D eigenvalue weighted by Gasteiger charge is 2.58. The number of anilines is 1. The van der Waals surface area contributed by atoms with Crippen LogP contribution in [-0.4, -0.2) is 93.6 Å². The summed E-state index contributed by atoms with van der Waals surface area (Å²) in [5, 5.41) is 41.3. The maximum absolute atomic E-state index is 14.0. The van der Waals surface area contributed by atoms with Gasteiger partial charge in [-0.05, 0) is 54.8 Å². The number of thiazole rings is 1. The Kier molecular flexibility index (Phi) is 12.9. The van der Waals surface area contributed by atoms with Crippen LogP contribution in [0.3, 0.4) is 0 Å². The number of benzene rings is 4. The summed E-state index contributed by atoms with van der Waals surface area (Å²) in [6.07, 6.45) is -2.43. The fourth-order valence-corrected chi connectivity index (χ4v) is 7.59. The smallest absolute Gasteiger partial charge is 0.418 e. The molecule has 0 radical (unpaired) electrons. The van der Waals surface area contributed by atoms with Gasteiger partial charge in [0.1, 0.15) is 28.9 Å². The number of hydrogen-bond donors (Lipinski definition) is 7. The number of aromatic nitrogens is 1. The van der Waals surface area contributed by atoms with E-state index in [1.165, 1.54) is 38.1 Å². The van der Waals surface area contributed by atoms with E-state index in [0.29, 0.717) is 10.2 Å². The van der Waals surface area contributed by atoms with Crippen molar-refractivity contribution in [3.8, 4) is 5.75 Å². The molecular formula is C40H39N7O11S2. The van der Waals surface area contributed by atoms with Crippen LogP contribution in [0.2, 0.25) is 0 Å². The zero-order valence-corrected chi connectivity index (χ0v) is 33.5. The van der Waals surface area contributed by atoms with Crippen molar-refractivity contribution in [3.05, 3.63) is 149 Å². The highest BCUT2D eigenvalue weighted by Crippen LogP contribution is 2.41. The Bertz CT molecular complexity index is 2370. The third kappa shape index (κ3) is 9.59. The third-order valence-corrected chi connectivity index (χ3v) is 10.4. The van der Waals surface area contributed by atoms with Gasteiger partial charge in [0.25, 0.3) is 11.8 Å². The lowest BCUT2D eigenvalue weighted by molar-refractivity contribution is -0.218. The number of β-lactam (4-membered cyclic amide) rings is 1. The van der Waals surface area contributed by atoms with Gasteiger partial charge in [-0.25, -0.2) is 9.78 Å². The molecule has 2 heterocycles. The molecule has 1 aliphatic heterocycles. The predicted octanol–water partition coefficient (Wildman–Crippen LogP) is 4.14. The predicted molar refractivity (Wildman–Crippen MR) is 219 cm³/mol. The Morgan fingerprint density at radius 2 is 1.50 bits per heavy atom. The molecule has 60 heavy (non-hydrogen) atoms. The van der Waals surface area contributed by atoms with E-state index in [2.05, 4.69) is 20.1 Å². The third-order valence-electron chi connectivity index (χ3n) is 9.30. The van der Waals surface area contributed by atoms with Crippen LogP contribution in [0, 0.1) is 5.41 Å². The first kappa shape index (κ1) is 42.9. The molecule has 1 fully saturated rings. The van der Waals surface area contributed by atoms with Gasteiger partial charge < -0.3 is 30.4 Å². The highest BCUT2D eigenvalue weighted by atomic mass is 32.3. The molecule has 0 spiro atoms. The quantitative estimate of drug-likeness (QED) is 0.0173. The summed E-state index contributed by atoms with van der Waals surface area (Å²) < 4.78 is 42.2. The minimum Gasteiger partial charge on any atom is -0.484 e. The van der Waals surface area contributed by atoms with Crippen LogP contribution in [-0.2, 0) is 34.6 Å². The van der Waals surface area contributed by atoms with Gasteiger partial charge in [0.05, 0.1) is 12.1 Å². The number of nitrogens with one attached hydrogen (secondary N) is 4. The summed E-state index contributed by atoms with van der Waals surface area (Å²) in [6.45, 7) is 1.85. The Labute approximate surface area is 347 Å². The second-order valence-corrected chi connectivity index (χ2v) is 15.6. The highest BCUT2D eigenvalue weighted by molar-refractivity contribution is 7.80. The first-order valence-electron chi connectivity index (χ1n) is 18.0. The van der Waals surface area contributed by atoms with E-state index in [4.69, 9.17) is 25.1 Å². The van der Waals surface area contributed by atoms with Crippen molar-refractivity contribution in [2.24, 2.45) is 5.16 Å². The fourth-order valence-electron chi connectivity index (χ4n) is 6.39. The van der Waals surface area contributed by atoms with Gasteiger partial charge in [0.2, 0.25) is 0 Å². The van der Waals surface area contributed by atoms with Crippen LogP contribution in [0.1, 0.15) is 41.8 Å². The molecule has 7 N–H and O–H groups in total. The summed E-state index contributed by atoms with van der Waals surface area (Å²) in [6, 6.07) is 33.6. The molecule has 5 aromatic rings. The van der Waals surface area contributed by atoms with E-state index in [1.54, 1.807) is 5.38 Å². The maximum Gasteiger partial charge on any atom is 0.418 e. The number of aliphatic hydroxyl groups excluding tert-OH is 1. The molecule has 6 rings (SSSR count). The van der Waals surface area contributed by atoms with E-state index in [0.717, 1.165) is 28.0 Å². The molecule has 18 nitrogen and oxygen atoms in total. The number of oxime groups is 1. The van der Waals surface area contributed by atoms with E-state index < -0.39 is 70.5 Å². The van der Waals surface area contributed by atoms with Gasteiger partial charge in [0, 0.05) is 10.9 Å². The number of carboxylic acid groups (broad SMARTS) is 1. The minimum absolute atomic E-state index is 0.0215. The lowest BCUT2D eigenvalue weighted by atomic mass is 9.77. The van der Waals surface area contributed by atoms with Crippen molar-refractivity contribution >= 4 is 56.3 Å². The monoisotopic (exact) mass is 857 g/mol.